The lowest BCUT2D eigenvalue weighted by molar-refractivity contribution is 0.173. The fraction of sp³-hybridized carbons (Fsp3) is 0.786. The molecule has 0 spiro atoms. The smallest absolute Gasteiger partial charge is 0.182 e. The number of hydrogen-bond acceptors (Lipinski definition) is 4. The predicted molar refractivity (Wildman–Crippen MR) is 79.2 cm³/mol. The first-order valence-corrected chi connectivity index (χ1v) is 8.04. The Morgan fingerprint density at radius 3 is 2.83 bits per heavy atom. The molecule has 4 heteroatoms. The van der Waals surface area contributed by atoms with E-state index in [0.29, 0.717) is 0 Å². The van der Waals surface area contributed by atoms with E-state index in [9.17, 15) is 0 Å². The zero-order chi connectivity index (χ0) is 12.8. The summed E-state index contributed by atoms with van der Waals surface area (Å²) >= 11 is 1.80. The first kappa shape index (κ1) is 13.8. The molecule has 0 aliphatic carbocycles. The molecule has 0 saturated carbocycles. The van der Waals surface area contributed by atoms with Crippen LogP contribution in [0.1, 0.15) is 44.4 Å². The van der Waals surface area contributed by atoms with Crippen LogP contribution in [0.15, 0.2) is 6.20 Å². The molecule has 0 aromatic carbocycles. The molecular formula is C14H25N3S. The number of thiazole rings is 1. The van der Waals surface area contributed by atoms with Crippen LogP contribution >= 0.6 is 11.3 Å². The number of likely N-dealkylation sites (tertiary alicyclic amines) is 1. The molecule has 0 bridgehead atoms. The van der Waals surface area contributed by atoms with Crippen LogP contribution in [0.2, 0.25) is 0 Å². The normalized spacial score (nSPS) is 18.1. The van der Waals surface area contributed by atoms with E-state index in [0.717, 1.165) is 24.1 Å². The molecule has 2 rings (SSSR count). The molecule has 1 aromatic heterocycles. The van der Waals surface area contributed by atoms with E-state index >= 15 is 0 Å². The fourth-order valence-corrected chi connectivity index (χ4v) is 3.60. The second-order valence-corrected chi connectivity index (χ2v) is 6.29. The lowest BCUT2D eigenvalue weighted by atomic mass is 9.92. The van der Waals surface area contributed by atoms with Crippen molar-refractivity contribution in [3.8, 4) is 0 Å². The van der Waals surface area contributed by atoms with Crippen LogP contribution in [0.4, 0.5) is 5.13 Å². The van der Waals surface area contributed by atoms with Crippen molar-refractivity contribution in [2.45, 2.75) is 46.1 Å². The van der Waals surface area contributed by atoms with Crippen LogP contribution in [0.5, 0.6) is 0 Å². The van der Waals surface area contributed by atoms with Crippen molar-refractivity contribution >= 4 is 16.5 Å². The van der Waals surface area contributed by atoms with Gasteiger partial charge in [0.15, 0.2) is 5.13 Å². The predicted octanol–water partition coefficient (Wildman–Crippen LogP) is 3.59. The first-order valence-electron chi connectivity index (χ1n) is 7.22. The third kappa shape index (κ3) is 3.95. The zero-order valence-corrected chi connectivity index (χ0v) is 12.4. The number of piperidine rings is 1. The van der Waals surface area contributed by atoms with Crippen molar-refractivity contribution in [1.82, 2.24) is 9.88 Å². The van der Waals surface area contributed by atoms with Crippen molar-refractivity contribution < 1.29 is 0 Å². The molecule has 1 N–H and O–H groups in total. The van der Waals surface area contributed by atoms with Crippen LogP contribution in [0.25, 0.3) is 0 Å². The molecule has 0 radical (unpaired) electrons. The molecule has 1 aliphatic heterocycles. The highest BCUT2D eigenvalue weighted by atomic mass is 32.1. The Balaban J connectivity index is 1.76. The number of hydrogen-bond donors (Lipinski definition) is 1. The van der Waals surface area contributed by atoms with Gasteiger partial charge in [0, 0.05) is 24.2 Å². The van der Waals surface area contributed by atoms with Gasteiger partial charge in [-0.3, -0.25) is 4.90 Å². The third-order valence-electron chi connectivity index (χ3n) is 3.67. The molecule has 1 aliphatic rings. The standard InChI is InChI=1S/C14H25N3S/c1-3-5-12-6-8-17(9-7-12)11-13-10-16-14(18-13)15-4-2/h10,12H,3-9,11H2,1-2H3,(H,15,16). The molecule has 0 unspecified atom stereocenters. The number of aromatic nitrogens is 1. The molecule has 3 nitrogen and oxygen atoms in total. The van der Waals surface area contributed by atoms with Gasteiger partial charge in [-0.2, -0.15) is 0 Å². The minimum Gasteiger partial charge on any atom is -0.362 e. The highest BCUT2D eigenvalue weighted by Crippen LogP contribution is 2.25. The minimum atomic E-state index is 0.954. The van der Waals surface area contributed by atoms with Gasteiger partial charge in [-0.05, 0) is 38.8 Å². The van der Waals surface area contributed by atoms with Gasteiger partial charge in [0.2, 0.25) is 0 Å². The average molecular weight is 267 g/mol. The van der Waals surface area contributed by atoms with Crippen LogP contribution in [0, 0.1) is 5.92 Å². The average Bonchev–Trinajstić information content (AvgIpc) is 2.80. The van der Waals surface area contributed by atoms with Gasteiger partial charge in [0.25, 0.3) is 0 Å². The van der Waals surface area contributed by atoms with Crippen molar-refractivity contribution in [2.24, 2.45) is 5.92 Å². The van der Waals surface area contributed by atoms with Gasteiger partial charge in [0.1, 0.15) is 0 Å². The van der Waals surface area contributed by atoms with E-state index in [1.54, 1.807) is 11.3 Å². The van der Waals surface area contributed by atoms with E-state index in [4.69, 9.17) is 0 Å². The summed E-state index contributed by atoms with van der Waals surface area (Å²) in [6.45, 7) is 8.97. The van der Waals surface area contributed by atoms with Crippen LogP contribution in [-0.2, 0) is 6.54 Å². The zero-order valence-electron chi connectivity index (χ0n) is 11.6. The summed E-state index contributed by atoms with van der Waals surface area (Å²) in [4.78, 5) is 8.36. The Morgan fingerprint density at radius 2 is 2.17 bits per heavy atom. The summed E-state index contributed by atoms with van der Waals surface area (Å²) < 4.78 is 0. The van der Waals surface area contributed by atoms with E-state index in [2.05, 4.69) is 29.0 Å². The summed E-state index contributed by atoms with van der Waals surface area (Å²) in [6, 6.07) is 0. The maximum absolute atomic E-state index is 4.40. The fourth-order valence-electron chi connectivity index (χ4n) is 2.68. The number of nitrogens with one attached hydrogen (secondary N) is 1. The second kappa shape index (κ2) is 7.10. The van der Waals surface area contributed by atoms with Gasteiger partial charge in [-0.15, -0.1) is 11.3 Å². The Morgan fingerprint density at radius 1 is 1.39 bits per heavy atom. The van der Waals surface area contributed by atoms with E-state index in [-0.39, 0.29) is 0 Å². The molecular weight excluding hydrogens is 242 g/mol. The molecule has 2 heterocycles. The molecule has 18 heavy (non-hydrogen) atoms. The monoisotopic (exact) mass is 267 g/mol. The Kier molecular flexibility index (Phi) is 5.45. The van der Waals surface area contributed by atoms with Crippen molar-refractivity contribution in [2.75, 3.05) is 25.0 Å². The van der Waals surface area contributed by atoms with Crippen LogP contribution < -0.4 is 5.32 Å². The molecule has 1 fully saturated rings. The van der Waals surface area contributed by atoms with Gasteiger partial charge < -0.3 is 5.32 Å². The minimum absolute atomic E-state index is 0.954. The lowest BCUT2D eigenvalue weighted by Gasteiger charge is -2.31. The highest BCUT2D eigenvalue weighted by molar-refractivity contribution is 7.15. The summed E-state index contributed by atoms with van der Waals surface area (Å²) in [5.74, 6) is 0.977. The maximum atomic E-state index is 4.40. The lowest BCUT2D eigenvalue weighted by Crippen LogP contribution is -2.32. The van der Waals surface area contributed by atoms with E-state index < -0.39 is 0 Å². The second-order valence-electron chi connectivity index (χ2n) is 5.17. The van der Waals surface area contributed by atoms with Crippen molar-refractivity contribution in [3.63, 3.8) is 0 Å². The summed E-state index contributed by atoms with van der Waals surface area (Å²) in [7, 11) is 0. The summed E-state index contributed by atoms with van der Waals surface area (Å²) in [5, 5.41) is 4.34. The van der Waals surface area contributed by atoms with Gasteiger partial charge in [0.05, 0.1) is 0 Å². The first-order chi connectivity index (χ1) is 8.81. The third-order valence-corrected chi connectivity index (χ3v) is 4.60. The topological polar surface area (TPSA) is 28.2 Å². The van der Waals surface area contributed by atoms with Crippen LogP contribution in [-0.4, -0.2) is 29.5 Å². The van der Waals surface area contributed by atoms with Crippen molar-refractivity contribution in [3.05, 3.63) is 11.1 Å². The molecule has 102 valence electrons. The summed E-state index contributed by atoms with van der Waals surface area (Å²) in [5.41, 5.74) is 0. The van der Waals surface area contributed by atoms with Gasteiger partial charge >= 0.3 is 0 Å². The number of nitrogens with zero attached hydrogens (tertiary/aromatic N) is 2. The molecule has 1 saturated heterocycles. The Bertz CT molecular complexity index is 343. The van der Waals surface area contributed by atoms with Gasteiger partial charge in [-0.25, -0.2) is 4.98 Å². The number of anilines is 1. The number of rotatable bonds is 6. The largest absolute Gasteiger partial charge is 0.362 e. The summed E-state index contributed by atoms with van der Waals surface area (Å²) in [6.07, 6.45) is 7.55. The molecule has 0 amide bonds. The maximum Gasteiger partial charge on any atom is 0.182 e. The Hall–Kier alpha value is -0.610. The molecule has 0 atom stereocenters. The quantitative estimate of drug-likeness (QED) is 0.854. The Labute approximate surface area is 115 Å². The molecule has 1 aromatic rings. The van der Waals surface area contributed by atoms with Crippen LogP contribution in [0.3, 0.4) is 0 Å². The van der Waals surface area contributed by atoms with E-state index in [1.165, 1.54) is 43.6 Å². The SMILES string of the molecule is CCCC1CCN(Cc2cnc(NCC)s2)CC1. The van der Waals surface area contributed by atoms with Crippen molar-refractivity contribution in [1.29, 1.82) is 0 Å². The van der Waals surface area contributed by atoms with E-state index in [1.807, 2.05) is 6.20 Å². The highest BCUT2D eigenvalue weighted by Gasteiger charge is 2.18. The van der Waals surface area contributed by atoms with Gasteiger partial charge in [-0.1, -0.05) is 19.8 Å².